The fraction of sp³-hybridized carbons (Fsp3) is 0.583. The van der Waals surface area contributed by atoms with Crippen LogP contribution in [0.5, 0.6) is 0 Å². The number of nitrogens with one attached hydrogen (secondary N) is 1. The molecular weight excluding hydrogens is 204 g/mol. The van der Waals surface area contributed by atoms with Gasteiger partial charge in [-0.2, -0.15) is 0 Å². The minimum atomic E-state index is -0.533. The van der Waals surface area contributed by atoms with E-state index in [1.54, 1.807) is 19.1 Å². The fourth-order valence-corrected chi connectivity index (χ4v) is 2.40. The predicted octanol–water partition coefficient (Wildman–Crippen LogP) is 0.621. The Balaban J connectivity index is 2.23. The van der Waals surface area contributed by atoms with Crippen molar-refractivity contribution in [3.63, 3.8) is 0 Å². The molecule has 0 bridgehead atoms. The maximum absolute atomic E-state index is 11.9. The van der Waals surface area contributed by atoms with E-state index in [2.05, 4.69) is 10.2 Å². The topological polar surface area (TPSA) is 52.6 Å². The lowest BCUT2D eigenvalue weighted by Gasteiger charge is -2.43. The average molecular weight is 222 g/mol. The molecule has 2 aliphatic rings. The summed E-state index contributed by atoms with van der Waals surface area (Å²) >= 11 is 0. The smallest absolute Gasteiger partial charge is 0.154 e. The van der Waals surface area contributed by atoms with Crippen molar-refractivity contribution in [1.82, 2.24) is 10.2 Å². The summed E-state index contributed by atoms with van der Waals surface area (Å²) in [6, 6.07) is 0. The van der Waals surface area contributed by atoms with E-state index in [4.69, 9.17) is 0 Å². The molecule has 0 aromatic carbocycles. The molecule has 1 heterocycles. The Morgan fingerprint density at radius 3 is 2.69 bits per heavy atom. The summed E-state index contributed by atoms with van der Waals surface area (Å²) in [5.41, 5.74) is -0.533. The van der Waals surface area contributed by atoms with Gasteiger partial charge in [-0.25, -0.2) is 0 Å². The molecule has 1 aliphatic heterocycles. The fourth-order valence-electron chi connectivity index (χ4n) is 2.40. The van der Waals surface area contributed by atoms with Crippen LogP contribution in [0.25, 0.3) is 0 Å². The summed E-state index contributed by atoms with van der Waals surface area (Å²) in [7, 11) is 0. The first-order chi connectivity index (χ1) is 7.65. The molecular formula is C12H18N2O2. The van der Waals surface area contributed by atoms with E-state index in [1.807, 2.05) is 6.08 Å². The maximum atomic E-state index is 11.9. The van der Waals surface area contributed by atoms with Gasteiger partial charge in [0.1, 0.15) is 11.3 Å². The third-order valence-electron chi connectivity index (χ3n) is 3.44. The molecule has 1 unspecified atom stereocenters. The van der Waals surface area contributed by atoms with Crippen molar-refractivity contribution < 1.29 is 9.90 Å². The highest BCUT2D eigenvalue weighted by Crippen LogP contribution is 2.28. The van der Waals surface area contributed by atoms with E-state index in [-0.39, 0.29) is 11.5 Å². The first-order valence-electron chi connectivity index (χ1n) is 5.70. The van der Waals surface area contributed by atoms with Gasteiger partial charge < -0.3 is 10.4 Å². The molecule has 1 saturated heterocycles. The number of allylic oxidation sites excluding steroid dienone is 1. The van der Waals surface area contributed by atoms with Crippen LogP contribution in [-0.2, 0) is 4.79 Å². The Labute approximate surface area is 95.6 Å². The highest BCUT2D eigenvalue weighted by molar-refractivity contribution is 5.89. The van der Waals surface area contributed by atoms with Crippen LogP contribution in [0.4, 0.5) is 0 Å². The molecule has 2 rings (SSSR count). The Morgan fingerprint density at radius 2 is 2.19 bits per heavy atom. The Morgan fingerprint density at radius 1 is 1.50 bits per heavy atom. The van der Waals surface area contributed by atoms with Crippen molar-refractivity contribution in [2.75, 3.05) is 26.2 Å². The number of hydrogen-bond acceptors (Lipinski definition) is 4. The van der Waals surface area contributed by atoms with Crippen molar-refractivity contribution in [1.29, 1.82) is 0 Å². The number of aliphatic hydroxyl groups excluding tert-OH is 1. The van der Waals surface area contributed by atoms with E-state index < -0.39 is 5.54 Å². The molecule has 1 atom stereocenters. The number of carbonyl (C=O) groups is 1. The number of hydrogen-bond donors (Lipinski definition) is 2. The van der Waals surface area contributed by atoms with Crippen LogP contribution in [0, 0.1) is 0 Å². The summed E-state index contributed by atoms with van der Waals surface area (Å²) in [4.78, 5) is 14.1. The van der Waals surface area contributed by atoms with Crippen molar-refractivity contribution in [3.8, 4) is 0 Å². The molecule has 0 spiro atoms. The lowest BCUT2D eigenvalue weighted by Crippen LogP contribution is -2.58. The third-order valence-corrected chi connectivity index (χ3v) is 3.44. The average Bonchev–Trinajstić information content (AvgIpc) is 2.31. The SMILES string of the molecule is CC(=O)C1(N2CCNCC2)C=CC(O)=CC1. The summed E-state index contributed by atoms with van der Waals surface area (Å²) in [5, 5.41) is 12.6. The van der Waals surface area contributed by atoms with Crippen LogP contribution < -0.4 is 5.32 Å². The Hall–Kier alpha value is -1.13. The van der Waals surface area contributed by atoms with Gasteiger partial charge in [-0.15, -0.1) is 0 Å². The van der Waals surface area contributed by atoms with Gasteiger partial charge in [0, 0.05) is 26.2 Å². The summed E-state index contributed by atoms with van der Waals surface area (Å²) < 4.78 is 0. The van der Waals surface area contributed by atoms with E-state index >= 15 is 0 Å². The van der Waals surface area contributed by atoms with Crippen LogP contribution in [0.3, 0.4) is 0 Å². The first-order valence-corrected chi connectivity index (χ1v) is 5.70. The molecule has 16 heavy (non-hydrogen) atoms. The van der Waals surface area contributed by atoms with E-state index in [1.165, 1.54) is 0 Å². The van der Waals surface area contributed by atoms with Gasteiger partial charge in [-0.05, 0) is 25.5 Å². The predicted molar refractivity (Wildman–Crippen MR) is 62.3 cm³/mol. The largest absolute Gasteiger partial charge is 0.508 e. The number of piperazine rings is 1. The van der Waals surface area contributed by atoms with Crippen molar-refractivity contribution in [3.05, 3.63) is 24.0 Å². The van der Waals surface area contributed by atoms with Crippen LogP contribution in [0.1, 0.15) is 13.3 Å². The van der Waals surface area contributed by atoms with Crippen LogP contribution >= 0.6 is 0 Å². The molecule has 2 N–H and O–H groups in total. The van der Waals surface area contributed by atoms with E-state index in [9.17, 15) is 9.90 Å². The molecule has 1 aliphatic carbocycles. The zero-order valence-corrected chi connectivity index (χ0v) is 9.57. The molecule has 0 radical (unpaired) electrons. The van der Waals surface area contributed by atoms with Gasteiger partial charge in [0.15, 0.2) is 5.78 Å². The van der Waals surface area contributed by atoms with Gasteiger partial charge >= 0.3 is 0 Å². The monoisotopic (exact) mass is 222 g/mol. The number of aliphatic hydroxyl groups is 1. The normalized spacial score (nSPS) is 31.2. The van der Waals surface area contributed by atoms with Crippen molar-refractivity contribution >= 4 is 5.78 Å². The third kappa shape index (κ3) is 1.90. The molecule has 4 nitrogen and oxygen atoms in total. The zero-order valence-electron chi connectivity index (χ0n) is 9.57. The molecule has 0 amide bonds. The van der Waals surface area contributed by atoms with Crippen molar-refractivity contribution in [2.45, 2.75) is 18.9 Å². The van der Waals surface area contributed by atoms with Gasteiger partial charge in [-0.3, -0.25) is 9.69 Å². The van der Waals surface area contributed by atoms with Crippen LogP contribution in [-0.4, -0.2) is 47.5 Å². The van der Waals surface area contributed by atoms with Gasteiger partial charge in [0.05, 0.1) is 0 Å². The molecule has 4 heteroatoms. The lowest BCUT2D eigenvalue weighted by atomic mass is 9.84. The van der Waals surface area contributed by atoms with E-state index in [0.717, 1.165) is 26.2 Å². The number of rotatable bonds is 2. The van der Waals surface area contributed by atoms with Gasteiger partial charge in [0.25, 0.3) is 0 Å². The second-order valence-electron chi connectivity index (χ2n) is 4.38. The molecule has 0 aromatic rings. The minimum Gasteiger partial charge on any atom is -0.508 e. The van der Waals surface area contributed by atoms with Crippen LogP contribution in [0.2, 0.25) is 0 Å². The summed E-state index contributed by atoms with van der Waals surface area (Å²) in [5.74, 6) is 0.404. The van der Waals surface area contributed by atoms with E-state index in [0.29, 0.717) is 6.42 Å². The van der Waals surface area contributed by atoms with Crippen LogP contribution in [0.15, 0.2) is 24.0 Å². The van der Waals surface area contributed by atoms with Gasteiger partial charge in [0.2, 0.25) is 0 Å². The van der Waals surface area contributed by atoms with Gasteiger partial charge in [-0.1, -0.05) is 6.08 Å². The molecule has 88 valence electrons. The highest BCUT2D eigenvalue weighted by atomic mass is 16.3. The number of carbonyl (C=O) groups excluding carboxylic acids is 1. The number of ketones is 1. The zero-order chi connectivity index (χ0) is 11.6. The second-order valence-corrected chi connectivity index (χ2v) is 4.38. The number of Topliss-reactive ketones (excluding diaryl/α,β-unsaturated/α-hetero) is 1. The quantitative estimate of drug-likeness (QED) is 0.719. The first kappa shape index (κ1) is 11.4. The number of nitrogens with zero attached hydrogens (tertiary/aromatic N) is 1. The highest BCUT2D eigenvalue weighted by Gasteiger charge is 2.39. The summed E-state index contributed by atoms with van der Waals surface area (Å²) in [6.45, 7) is 5.21. The minimum absolute atomic E-state index is 0.148. The molecule has 0 saturated carbocycles. The Bertz CT molecular complexity index is 343. The standard InChI is InChI=1S/C12H18N2O2/c1-10(15)12(4-2-11(16)3-5-12)14-8-6-13-7-9-14/h2-4,13,16H,5-9H2,1H3. The molecule has 1 fully saturated rings. The van der Waals surface area contributed by atoms with Crippen molar-refractivity contribution in [2.24, 2.45) is 0 Å². The lowest BCUT2D eigenvalue weighted by molar-refractivity contribution is -0.126. The Kier molecular flexibility index (Phi) is 3.12. The summed E-state index contributed by atoms with van der Waals surface area (Å²) in [6.07, 6.45) is 5.77. The maximum Gasteiger partial charge on any atom is 0.154 e. The molecule has 0 aromatic heterocycles. The second kappa shape index (κ2) is 4.39.